The highest BCUT2D eigenvalue weighted by Crippen LogP contribution is 2.03. The zero-order valence-electron chi connectivity index (χ0n) is 6.13. The number of rotatable bonds is 3. The highest BCUT2D eigenvalue weighted by atomic mass is 79.9. The molecule has 0 heterocycles. The molecule has 0 atom stereocenters. The highest BCUT2D eigenvalue weighted by Gasteiger charge is 1.83. The second kappa shape index (κ2) is 4.97. The Balaban J connectivity index is 2.39. The first-order chi connectivity index (χ1) is 5.43. The summed E-state index contributed by atoms with van der Waals surface area (Å²) in [7, 11) is 0. The van der Waals surface area contributed by atoms with E-state index in [0.29, 0.717) is 0 Å². The van der Waals surface area contributed by atoms with Crippen LogP contribution < -0.4 is 5.32 Å². The highest BCUT2D eigenvalue weighted by molar-refractivity contribution is 9.11. The average molecular weight is 212 g/mol. The van der Waals surface area contributed by atoms with Gasteiger partial charge in [-0.1, -0.05) is 40.2 Å². The lowest BCUT2D eigenvalue weighted by atomic mass is 10.3. The van der Waals surface area contributed by atoms with Crippen LogP contribution in [0.25, 0.3) is 0 Å². The fourth-order valence-corrected chi connectivity index (χ4v) is 0.964. The molecule has 0 saturated carbocycles. The van der Waals surface area contributed by atoms with Gasteiger partial charge in [0.2, 0.25) is 0 Å². The summed E-state index contributed by atoms with van der Waals surface area (Å²) < 4.78 is 0. The number of halogens is 1. The number of anilines is 1. The summed E-state index contributed by atoms with van der Waals surface area (Å²) in [4.78, 5) is 1.85. The Morgan fingerprint density at radius 2 is 2.00 bits per heavy atom. The topological polar surface area (TPSA) is 12.0 Å². The van der Waals surface area contributed by atoms with Gasteiger partial charge in [0.25, 0.3) is 0 Å². The second-order valence-electron chi connectivity index (χ2n) is 2.11. The van der Waals surface area contributed by atoms with Gasteiger partial charge in [-0.25, -0.2) is 0 Å². The third kappa shape index (κ3) is 3.23. The van der Waals surface area contributed by atoms with Crippen LogP contribution in [-0.2, 0) is 0 Å². The van der Waals surface area contributed by atoms with E-state index in [0.717, 1.165) is 12.2 Å². The first-order valence-electron chi connectivity index (χ1n) is 3.47. The Labute approximate surface area is 75.3 Å². The van der Waals surface area contributed by atoms with Gasteiger partial charge in [-0.15, -0.1) is 0 Å². The van der Waals surface area contributed by atoms with Crippen LogP contribution in [0.3, 0.4) is 0 Å². The van der Waals surface area contributed by atoms with Gasteiger partial charge in [0.1, 0.15) is 0 Å². The van der Waals surface area contributed by atoms with E-state index in [1.165, 1.54) is 0 Å². The van der Waals surface area contributed by atoms with Crippen LogP contribution in [0.15, 0.2) is 41.4 Å². The van der Waals surface area contributed by atoms with Crippen molar-refractivity contribution < 1.29 is 0 Å². The molecular formula is C9H10BrN. The Bertz CT molecular complexity index is 218. The lowest BCUT2D eigenvalue weighted by Gasteiger charge is -2.00. The summed E-state index contributed by atoms with van der Waals surface area (Å²) in [6, 6.07) is 10.1. The molecule has 1 rings (SSSR count). The Morgan fingerprint density at radius 1 is 1.27 bits per heavy atom. The quantitative estimate of drug-likeness (QED) is 0.811. The molecule has 0 fully saturated rings. The van der Waals surface area contributed by atoms with Crippen LogP contribution in [0.2, 0.25) is 0 Å². The maximum atomic E-state index is 3.23. The molecule has 1 aromatic carbocycles. The lowest BCUT2D eigenvalue weighted by molar-refractivity contribution is 1.34. The van der Waals surface area contributed by atoms with Gasteiger partial charge in [0.05, 0.1) is 0 Å². The standard InChI is InChI=1S/C9H10BrN/c10-7-4-8-11-9-5-2-1-3-6-9/h1-7,11H,8H2/b7-4-. The van der Waals surface area contributed by atoms with Crippen LogP contribution >= 0.6 is 15.9 Å². The summed E-state index contributed by atoms with van der Waals surface area (Å²) in [5.74, 6) is 0. The predicted octanol–water partition coefficient (Wildman–Crippen LogP) is 3.01. The summed E-state index contributed by atoms with van der Waals surface area (Å²) >= 11 is 3.20. The molecule has 1 aromatic rings. The van der Waals surface area contributed by atoms with Crippen molar-refractivity contribution in [1.82, 2.24) is 0 Å². The van der Waals surface area contributed by atoms with E-state index in [1.807, 2.05) is 41.4 Å². The van der Waals surface area contributed by atoms with Crippen molar-refractivity contribution in [2.75, 3.05) is 11.9 Å². The van der Waals surface area contributed by atoms with Crippen molar-refractivity contribution in [2.45, 2.75) is 0 Å². The SMILES string of the molecule is Br/C=C\CNc1ccccc1. The summed E-state index contributed by atoms with van der Waals surface area (Å²) in [5, 5.41) is 3.23. The molecule has 2 heteroatoms. The van der Waals surface area contributed by atoms with E-state index >= 15 is 0 Å². The fourth-order valence-electron chi connectivity index (χ4n) is 0.777. The average Bonchev–Trinajstić information content (AvgIpc) is 2.07. The van der Waals surface area contributed by atoms with E-state index < -0.39 is 0 Å². The van der Waals surface area contributed by atoms with E-state index in [2.05, 4.69) is 21.2 Å². The molecule has 0 aliphatic carbocycles. The number of nitrogens with one attached hydrogen (secondary N) is 1. The first-order valence-corrected chi connectivity index (χ1v) is 4.39. The monoisotopic (exact) mass is 211 g/mol. The molecule has 0 bridgehead atoms. The van der Waals surface area contributed by atoms with Gasteiger partial charge in [0.15, 0.2) is 0 Å². The molecule has 0 aliphatic heterocycles. The lowest BCUT2D eigenvalue weighted by Crippen LogP contribution is -1.96. The third-order valence-electron chi connectivity index (χ3n) is 1.29. The number of para-hydroxylation sites is 1. The van der Waals surface area contributed by atoms with Gasteiger partial charge in [-0.2, -0.15) is 0 Å². The van der Waals surface area contributed by atoms with Crippen molar-refractivity contribution in [3.63, 3.8) is 0 Å². The largest absolute Gasteiger partial charge is 0.382 e. The Kier molecular flexibility index (Phi) is 3.76. The van der Waals surface area contributed by atoms with Crippen molar-refractivity contribution in [2.24, 2.45) is 0 Å². The van der Waals surface area contributed by atoms with Crippen LogP contribution in [0.5, 0.6) is 0 Å². The molecule has 11 heavy (non-hydrogen) atoms. The van der Waals surface area contributed by atoms with Crippen LogP contribution in [-0.4, -0.2) is 6.54 Å². The van der Waals surface area contributed by atoms with Gasteiger partial charge < -0.3 is 5.32 Å². The van der Waals surface area contributed by atoms with Crippen molar-refractivity contribution in [3.05, 3.63) is 41.4 Å². The van der Waals surface area contributed by atoms with E-state index in [-0.39, 0.29) is 0 Å². The molecular weight excluding hydrogens is 202 g/mol. The minimum absolute atomic E-state index is 0.856. The van der Waals surface area contributed by atoms with Crippen molar-refractivity contribution >= 4 is 21.6 Å². The van der Waals surface area contributed by atoms with E-state index in [9.17, 15) is 0 Å². The minimum Gasteiger partial charge on any atom is -0.382 e. The maximum Gasteiger partial charge on any atom is 0.0342 e. The van der Waals surface area contributed by atoms with Crippen molar-refractivity contribution in [1.29, 1.82) is 0 Å². The zero-order chi connectivity index (χ0) is 7.94. The Hall–Kier alpha value is -0.760. The van der Waals surface area contributed by atoms with Crippen LogP contribution in [0.1, 0.15) is 0 Å². The molecule has 0 aromatic heterocycles. The molecule has 58 valence electrons. The molecule has 1 nitrogen and oxygen atoms in total. The Morgan fingerprint density at radius 3 is 2.64 bits per heavy atom. The van der Waals surface area contributed by atoms with Gasteiger partial charge in [-0.3, -0.25) is 0 Å². The minimum atomic E-state index is 0.856. The van der Waals surface area contributed by atoms with Crippen LogP contribution in [0, 0.1) is 0 Å². The smallest absolute Gasteiger partial charge is 0.0342 e. The summed E-state index contributed by atoms with van der Waals surface area (Å²) in [6.45, 7) is 0.856. The molecule has 1 N–H and O–H groups in total. The summed E-state index contributed by atoms with van der Waals surface area (Å²) in [6.07, 6.45) is 2.01. The summed E-state index contributed by atoms with van der Waals surface area (Å²) in [5.41, 5.74) is 1.15. The molecule has 0 amide bonds. The number of hydrogen-bond donors (Lipinski definition) is 1. The molecule has 0 radical (unpaired) electrons. The predicted molar refractivity (Wildman–Crippen MR) is 53.0 cm³/mol. The number of benzene rings is 1. The number of hydrogen-bond acceptors (Lipinski definition) is 1. The maximum absolute atomic E-state index is 3.23. The van der Waals surface area contributed by atoms with Crippen LogP contribution in [0.4, 0.5) is 5.69 Å². The first kappa shape index (κ1) is 8.34. The molecule has 0 aliphatic rings. The van der Waals surface area contributed by atoms with E-state index in [1.54, 1.807) is 0 Å². The van der Waals surface area contributed by atoms with E-state index in [4.69, 9.17) is 0 Å². The zero-order valence-corrected chi connectivity index (χ0v) is 7.71. The molecule has 0 saturated heterocycles. The molecule has 0 spiro atoms. The molecule has 0 unspecified atom stereocenters. The fraction of sp³-hybridized carbons (Fsp3) is 0.111. The van der Waals surface area contributed by atoms with Gasteiger partial charge in [0, 0.05) is 12.2 Å². The van der Waals surface area contributed by atoms with Gasteiger partial charge >= 0.3 is 0 Å². The van der Waals surface area contributed by atoms with Crippen molar-refractivity contribution in [3.8, 4) is 0 Å². The third-order valence-corrected chi connectivity index (χ3v) is 1.66. The second-order valence-corrected chi connectivity index (χ2v) is 2.64. The normalized spacial score (nSPS) is 10.3. The van der Waals surface area contributed by atoms with Gasteiger partial charge in [-0.05, 0) is 17.1 Å².